The molecule has 0 unspecified atom stereocenters. The van der Waals surface area contributed by atoms with Gasteiger partial charge in [-0.25, -0.2) is 9.18 Å². The molecule has 0 radical (unpaired) electrons. The summed E-state index contributed by atoms with van der Waals surface area (Å²) < 4.78 is 18.9. The molecule has 31 heavy (non-hydrogen) atoms. The Labute approximate surface area is 181 Å². The van der Waals surface area contributed by atoms with Crippen molar-refractivity contribution >= 4 is 17.6 Å². The SMILES string of the molecule is O=C(CN1CCN(C(=O)Nc2ccc(Oc3cccc(F)c3)cc2)CC1)N1CCCC1. The van der Waals surface area contributed by atoms with Crippen LogP contribution in [0.4, 0.5) is 14.9 Å². The van der Waals surface area contributed by atoms with Gasteiger partial charge in [-0.15, -0.1) is 0 Å². The van der Waals surface area contributed by atoms with Gasteiger partial charge in [0, 0.05) is 51.0 Å². The van der Waals surface area contributed by atoms with Gasteiger partial charge in [-0.3, -0.25) is 9.69 Å². The summed E-state index contributed by atoms with van der Waals surface area (Å²) in [7, 11) is 0. The van der Waals surface area contributed by atoms with Gasteiger partial charge in [-0.05, 0) is 49.2 Å². The number of hydrogen-bond acceptors (Lipinski definition) is 4. The van der Waals surface area contributed by atoms with E-state index in [1.54, 1.807) is 41.3 Å². The molecule has 0 aliphatic carbocycles. The number of nitrogens with one attached hydrogen (secondary N) is 1. The first kappa shape index (κ1) is 21.1. The third-order valence-corrected chi connectivity index (χ3v) is 5.61. The van der Waals surface area contributed by atoms with Crippen LogP contribution in [0.1, 0.15) is 12.8 Å². The zero-order chi connectivity index (χ0) is 21.6. The lowest BCUT2D eigenvalue weighted by molar-refractivity contribution is -0.131. The third kappa shape index (κ3) is 5.73. The Morgan fingerprint density at radius 2 is 1.58 bits per heavy atom. The van der Waals surface area contributed by atoms with Crippen molar-refractivity contribution in [1.29, 1.82) is 0 Å². The van der Waals surface area contributed by atoms with Crippen LogP contribution >= 0.6 is 0 Å². The molecular weight excluding hydrogens is 399 g/mol. The Kier molecular flexibility index (Phi) is 6.66. The first-order chi connectivity index (χ1) is 15.1. The number of piperazine rings is 1. The predicted molar refractivity (Wildman–Crippen MR) is 116 cm³/mol. The quantitative estimate of drug-likeness (QED) is 0.796. The van der Waals surface area contributed by atoms with Crippen molar-refractivity contribution < 1.29 is 18.7 Å². The van der Waals surface area contributed by atoms with Crippen LogP contribution in [0.15, 0.2) is 48.5 Å². The minimum atomic E-state index is -0.359. The van der Waals surface area contributed by atoms with Gasteiger partial charge in [0.25, 0.3) is 0 Å². The molecule has 4 rings (SSSR count). The van der Waals surface area contributed by atoms with Gasteiger partial charge >= 0.3 is 6.03 Å². The Morgan fingerprint density at radius 3 is 2.26 bits per heavy atom. The second-order valence-electron chi connectivity index (χ2n) is 7.87. The normalized spacial score (nSPS) is 16.9. The molecular formula is C23H27FN4O3. The van der Waals surface area contributed by atoms with Crippen molar-refractivity contribution in [3.8, 4) is 11.5 Å². The standard InChI is InChI=1S/C23H27FN4O3/c24-18-4-3-5-21(16-18)31-20-8-6-19(7-9-20)25-23(30)28-14-12-26(13-15-28)17-22(29)27-10-1-2-11-27/h3-9,16H,1-2,10-15,17H2,(H,25,30). The van der Waals surface area contributed by atoms with Crippen LogP contribution in [-0.4, -0.2) is 72.5 Å². The first-order valence-corrected chi connectivity index (χ1v) is 10.7. The summed E-state index contributed by atoms with van der Waals surface area (Å²) in [5.74, 6) is 0.801. The van der Waals surface area contributed by atoms with Gasteiger partial charge in [-0.1, -0.05) is 6.07 Å². The molecule has 8 heteroatoms. The van der Waals surface area contributed by atoms with Crippen molar-refractivity contribution in [3.05, 3.63) is 54.3 Å². The van der Waals surface area contributed by atoms with E-state index in [1.165, 1.54) is 12.1 Å². The van der Waals surface area contributed by atoms with Crippen LogP contribution in [-0.2, 0) is 4.79 Å². The van der Waals surface area contributed by atoms with Crippen molar-refractivity contribution in [2.75, 3.05) is 51.1 Å². The van der Waals surface area contributed by atoms with Gasteiger partial charge in [0.2, 0.25) is 5.91 Å². The highest BCUT2D eigenvalue weighted by Crippen LogP contribution is 2.23. The van der Waals surface area contributed by atoms with Gasteiger partial charge < -0.3 is 19.9 Å². The molecule has 0 atom stereocenters. The zero-order valence-electron chi connectivity index (χ0n) is 17.4. The number of likely N-dealkylation sites (tertiary alicyclic amines) is 1. The summed E-state index contributed by atoms with van der Waals surface area (Å²) in [5, 5.41) is 2.89. The molecule has 0 aromatic heterocycles. The summed E-state index contributed by atoms with van der Waals surface area (Å²) in [4.78, 5) is 30.7. The molecule has 0 bridgehead atoms. The average Bonchev–Trinajstić information content (AvgIpc) is 3.31. The van der Waals surface area contributed by atoms with E-state index in [1.807, 2.05) is 4.90 Å². The summed E-state index contributed by atoms with van der Waals surface area (Å²) in [6.07, 6.45) is 2.19. The van der Waals surface area contributed by atoms with Gasteiger partial charge in [0.15, 0.2) is 0 Å². The molecule has 2 heterocycles. The van der Waals surface area contributed by atoms with Crippen LogP contribution in [0, 0.1) is 5.82 Å². The van der Waals surface area contributed by atoms with Crippen molar-refractivity contribution in [2.24, 2.45) is 0 Å². The highest BCUT2D eigenvalue weighted by atomic mass is 19.1. The number of rotatable bonds is 5. The number of nitrogens with zero attached hydrogens (tertiary/aromatic N) is 3. The van der Waals surface area contributed by atoms with Crippen LogP contribution < -0.4 is 10.1 Å². The molecule has 2 aliphatic heterocycles. The minimum Gasteiger partial charge on any atom is -0.457 e. The molecule has 0 spiro atoms. The number of amides is 3. The minimum absolute atomic E-state index is 0.163. The number of benzene rings is 2. The number of hydrogen-bond donors (Lipinski definition) is 1. The summed E-state index contributed by atoms with van der Waals surface area (Å²) in [6, 6.07) is 12.7. The topological polar surface area (TPSA) is 65.1 Å². The number of carbonyl (C=O) groups is 2. The second kappa shape index (κ2) is 9.78. The Balaban J connectivity index is 1.23. The molecule has 2 aromatic carbocycles. The summed E-state index contributed by atoms with van der Waals surface area (Å²) in [5.41, 5.74) is 0.656. The molecule has 0 saturated carbocycles. The van der Waals surface area contributed by atoms with Gasteiger partial charge in [0.1, 0.15) is 17.3 Å². The molecule has 3 amide bonds. The molecule has 164 valence electrons. The Morgan fingerprint density at radius 1 is 0.871 bits per heavy atom. The Hall–Kier alpha value is -3.13. The van der Waals surface area contributed by atoms with E-state index >= 15 is 0 Å². The largest absolute Gasteiger partial charge is 0.457 e. The number of ether oxygens (including phenoxy) is 1. The lowest BCUT2D eigenvalue weighted by atomic mass is 10.3. The molecule has 2 aromatic rings. The van der Waals surface area contributed by atoms with Gasteiger partial charge in [-0.2, -0.15) is 0 Å². The van der Waals surface area contributed by atoms with E-state index < -0.39 is 0 Å². The fraction of sp³-hybridized carbons (Fsp3) is 0.391. The highest BCUT2D eigenvalue weighted by Gasteiger charge is 2.25. The second-order valence-corrected chi connectivity index (χ2v) is 7.87. The van der Waals surface area contributed by atoms with E-state index in [0.717, 1.165) is 25.9 Å². The number of urea groups is 1. The average molecular weight is 426 g/mol. The lowest BCUT2D eigenvalue weighted by Gasteiger charge is -2.35. The summed E-state index contributed by atoms with van der Waals surface area (Å²) in [6.45, 7) is 4.71. The first-order valence-electron chi connectivity index (χ1n) is 10.7. The van der Waals surface area contributed by atoms with E-state index in [0.29, 0.717) is 49.9 Å². The fourth-order valence-corrected chi connectivity index (χ4v) is 3.84. The lowest BCUT2D eigenvalue weighted by Crippen LogP contribution is -2.52. The predicted octanol–water partition coefficient (Wildman–Crippen LogP) is 3.39. The Bertz CT molecular complexity index is 907. The van der Waals surface area contributed by atoms with Crippen LogP contribution in [0.2, 0.25) is 0 Å². The van der Waals surface area contributed by atoms with Crippen LogP contribution in [0.3, 0.4) is 0 Å². The molecule has 1 N–H and O–H groups in total. The summed E-state index contributed by atoms with van der Waals surface area (Å²) >= 11 is 0. The van der Waals surface area contributed by atoms with Crippen molar-refractivity contribution in [1.82, 2.24) is 14.7 Å². The van der Waals surface area contributed by atoms with E-state index in [9.17, 15) is 14.0 Å². The fourth-order valence-electron chi connectivity index (χ4n) is 3.84. The number of carbonyl (C=O) groups excluding carboxylic acids is 2. The smallest absolute Gasteiger partial charge is 0.321 e. The van der Waals surface area contributed by atoms with Crippen molar-refractivity contribution in [2.45, 2.75) is 12.8 Å². The van der Waals surface area contributed by atoms with Crippen LogP contribution in [0.5, 0.6) is 11.5 Å². The van der Waals surface area contributed by atoms with Crippen molar-refractivity contribution in [3.63, 3.8) is 0 Å². The molecule has 7 nitrogen and oxygen atoms in total. The monoisotopic (exact) mass is 426 g/mol. The molecule has 2 aliphatic rings. The zero-order valence-corrected chi connectivity index (χ0v) is 17.4. The number of anilines is 1. The van der Waals surface area contributed by atoms with Gasteiger partial charge in [0.05, 0.1) is 6.54 Å². The maximum atomic E-state index is 13.3. The molecule has 2 fully saturated rings. The van der Waals surface area contributed by atoms with Crippen LogP contribution in [0.25, 0.3) is 0 Å². The third-order valence-electron chi connectivity index (χ3n) is 5.61. The van der Waals surface area contributed by atoms with E-state index in [-0.39, 0.29) is 17.8 Å². The molecule has 2 saturated heterocycles. The van der Waals surface area contributed by atoms with E-state index in [4.69, 9.17) is 4.74 Å². The number of halogens is 1. The highest BCUT2D eigenvalue weighted by molar-refractivity contribution is 5.89. The van der Waals surface area contributed by atoms with E-state index in [2.05, 4.69) is 10.2 Å². The maximum absolute atomic E-state index is 13.3. The maximum Gasteiger partial charge on any atom is 0.321 e.